The van der Waals surface area contributed by atoms with E-state index in [1.54, 1.807) is 24.3 Å². The second kappa shape index (κ2) is 7.50. The number of rotatable bonds is 2. The molecule has 0 fully saturated rings. The van der Waals surface area contributed by atoms with Crippen LogP contribution in [0, 0.1) is 48.1 Å². The van der Waals surface area contributed by atoms with Crippen molar-refractivity contribution in [2.45, 2.75) is 6.61 Å². The summed E-state index contributed by atoms with van der Waals surface area (Å²) in [4.78, 5) is 0. The maximum Gasteiger partial charge on any atom is 0.140 e. The fraction of sp³-hybridized carbons (Fsp3) is 0.0667. The highest BCUT2D eigenvalue weighted by Gasteiger charge is 1.91. The Morgan fingerprint density at radius 1 is 1.00 bits per heavy atom. The molecule has 2 nitrogen and oxygen atoms in total. The molecule has 0 aliphatic heterocycles. The topological polar surface area (TPSA) is 29.5 Å². The summed E-state index contributed by atoms with van der Waals surface area (Å²) in [6, 6.07) is 6.93. The molecule has 0 heterocycles. The quantitative estimate of drug-likeness (QED) is 0.758. The molecule has 0 saturated carbocycles. The van der Waals surface area contributed by atoms with Crippen molar-refractivity contribution in [2.75, 3.05) is 0 Å². The molecular weight excluding hydrogens is 212 g/mol. The van der Waals surface area contributed by atoms with Crippen LogP contribution < -0.4 is 4.74 Å². The van der Waals surface area contributed by atoms with Gasteiger partial charge in [0.25, 0.3) is 0 Å². The fourth-order valence-electron chi connectivity index (χ4n) is 0.903. The number of terminal acetylenes is 1. The third-order valence-electron chi connectivity index (χ3n) is 1.65. The van der Waals surface area contributed by atoms with Gasteiger partial charge in [-0.25, -0.2) is 0 Å². The first-order valence-corrected chi connectivity index (χ1v) is 4.69. The molecule has 0 bridgehead atoms. The highest BCUT2D eigenvalue weighted by atomic mass is 16.5. The molecule has 0 spiro atoms. The van der Waals surface area contributed by atoms with Gasteiger partial charge in [-0.1, -0.05) is 12.1 Å². The van der Waals surface area contributed by atoms with E-state index in [1.807, 2.05) is 0 Å². The summed E-state index contributed by atoms with van der Waals surface area (Å²) in [7, 11) is 0. The van der Waals surface area contributed by atoms with Crippen molar-refractivity contribution in [3.8, 4) is 53.8 Å². The summed E-state index contributed by atoms with van der Waals surface area (Å²) < 4.78 is 5.08. The number of hydrogen-bond donors (Lipinski definition) is 1. The first-order valence-electron chi connectivity index (χ1n) is 4.69. The van der Waals surface area contributed by atoms with Crippen LogP contribution in [0.4, 0.5) is 0 Å². The van der Waals surface area contributed by atoms with Gasteiger partial charge in [0.05, 0.1) is 6.61 Å². The summed E-state index contributed by atoms with van der Waals surface area (Å²) in [5.74, 6) is 14.9. The van der Waals surface area contributed by atoms with Crippen LogP contribution in [-0.4, -0.2) is 5.11 Å². The molecule has 1 N–H and O–H groups in total. The Morgan fingerprint density at radius 3 is 2.29 bits per heavy atom. The van der Waals surface area contributed by atoms with Crippen LogP contribution in [0.5, 0.6) is 5.75 Å². The number of ether oxygens (including phenoxy) is 1. The van der Waals surface area contributed by atoms with Crippen molar-refractivity contribution in [1.29, 1.82) is 0 Å². The fourth-order valence-corrected chi connectivity index (χ4v) is 0.903. The lowest BCUT2D eigenvalue weighted by molar-refractivity contribution is 0.281. The van der Waals surface area contributed by atoms with Crippen LogP contribution in [-0.2, 0) is 6.61 Å². The van der Waals surface area contributed by atoms with Crippen molar-refractivity contribution in [1.82, 2.24) is 0 Å². The van der Waals surface area contributed by atoms with Gasteiger partial charge >= 0.3 is 0 Å². The molecule has 0 radical (unpaired) electrons. The van der Waals surface area contributed by atoms with Gasteiger partial charge in [0.15, 0.2) is 0 Å². The predicted octanol–water partition coefficient (Wildman–Crippen LogP) is 1.16. The minimum absolute atomic E-state index is 0.00524. The van der Waals surface area contributed by atoms with Gasteiger partial charge in [0.2, 0.25) is 0 Å². The van der Waals surface area contributed by atoms with E-state index in [-0.39, 0.29) is 6.61 Å². The molecule has 17 heavy (non-hydrogen) atoms. The number of aliphatic hydroxyl groups is 1. The van der Waals surface area contributed by atoms with Crippen LogP contribution in [0.15, 0.2) is 24.3 Å². The lowest BCUT2D eigenvalue weighted by Gasteiger charge is -1.97. The van der Waals surface area contributed by atoms with E-state index < -0.39 is 0 Å². The number of hydrogen-bond acceptors (Lipinski definition) is 2. The van der Waals surface area contributed by atoms with Gasteiger partial charge in [0, 0.05) is 17.8 Å². The minimum Gasteiger partial charge on any atom is -0.407 e. The lowest BCUT2D eigenvalue weighted by Crippen LogP contribution is -1.85. The Morgan fingerprint density at radius 2 is 1.65 bits per heavy atom. The monoisotopic (exact) mass is 220 g/mol. The summed E-state index contributed by atoms with van der Waals surface area (Å²) >= 11 is 0. The minimum atomic E-state index is 0.00524. The second-order valence-corrected chi connectivity index (χ2v) is 2.78. The standard InChI is InChI=1S/C15H8O2/c1-2-3-4-5-6-7-12-17-15-10-8-14(13-16)9-11-15/h1,8-11,16H,13H2. The van der Waals surface area contributed by atoms with E-state index in [0.29, 0.717) is 5.75 Å². The first-order chi connectivity index (χ1) is 8.36. The molecule has 0 aliphatic carbocycles. The molecule has 0 aliphatic rings. The summed E-state index contributed by atoms with van der Waals surface area (Å²) in [5.41, 5.74) is 0.814. The first kappa shape index (κ1) is 12.3. The van der Waals surface area contributed by atoms with Gasteiger partial charge in [-0.15, -0.1) is 6.42 Å². The van der Waals surface area contributed by atoms with E-state index in [9.17, 15) is 0 Å². The summed E-state index contributed by atoms with van der Waals surface area (Å²) in [6.45, 7) is 0.00524. The maximum absolute atomic E-state index is 8.83. The zero-order valence-corrected chi connectivity index (χ0v) is 8.95. The third kappa shape index (κ3) is 5.01. The molecule has 80 valence electrons. The molecule has 0 amide bonds. The molecule has 1 aromatic rings. The highest BCUT2D eigenvalue weighted by Crippen LogP contribution is 2.11. The Hall–Kier alpha value is -2.78. The number of benzene rings is 1. The van der Waals surface area contributed by atoms with E-state index in [4.69, 9.17) is 16.3 Å². The molecule has 1 aromatic carbocycles. The van der Waals surface area contributed by atoms with Crippen LogP contribution in [0.1, 0.15) is 5.56 Å². The van der Waals surface area contributed by atoms with Crippen molar-refractivity contribution < 1.29 is 9.84 Å². The molecule has 0 aromatic heterocycles. The Kier molecular flexibility index (Phi) is 5.42. The average molecular weight is 220 g/mol. The van der Waals surface area contributed by atoms with Crippen molar-refractivity contribution in [2.24, 2.45) is 0 Å². The van der Waals surface area contributed by atoms with Gasteiger partial charge in [-0.3, -0.25) is 0 Å². The van der Waals surface area contributed by atoms with Gasteiger partial charge in [-0.2, -0.15) is 0 Å². The highest BCUT2D eigenvalue weighted by molar-refractivity contribution is 5.39. The van der Waals surface area contributed by atoms with Crippen LogP contribution in [0.2, 0.25) is 0 Å². The maximum atomic E-state index is 8.83. The zero-order chi connectivity index (χ0) is 12.3. The van der Waals surface area contributed by atoms with Crippen LogP contribution >= 0.6 is 0 Å². The molecule has 0 atom stereocenters. The van der Waals surface area contributed by atoms with Gasteiger partial charge in [-0.05, 0) is 35.5 Å². The van der Waals surface area contributed by atoms with Crippen LogP contribution in [0.3, 0.4) is 0 Å². The smallest absolute Gasteiger partial charge is 0.140 e. The van der Waals surface area contributed by atoms with Crippen LogP contribution in [0.25, 0.3) is 0 Å². The van der Waals surface area contributed by atoms with E-state index in [0.717, 1.165) is 5.56 Å². The Balaban J connectivity index is 2.52. The van der Waals surface area contributed by atoms with E-state index >= 15 is 0 Å². The second-order valence-electron chi connectivity index (χ2n) is 2.78. The van der Waals surface area contributed by atoms with Gasteiger partial charge < -0.3 is 9.84 Å². The molecular formula is C15H8O2. The predicted molar refractivity (Wildman–Crippen MR) is 65.2 cm³/mol. The molecule has 2 heteroatoms. The van der Waals surface area contributed by atoms with Gasteiger partial charge in [0.1, 0.15) is 11.9 Å². The molecule has 0 saturated heterocycles. The van der Waals surface area contributed by atoms with E-state index in [2.05, 4.69) is 41.6 Å². The van der Waals surface area contributed by atoms with Crippen molar-refractivity contribution in [3.63, 3.8) is 0 Å². The SMILES string of the molecule is C#CC#CC#CC#COc1ccc(CO)cc1. The Labute approximate surface area is 101 Å². The Bertz CT molecular complexity index is 585. The zero-order valence-electron chi connectivity index (χ0n) is 8.95. The molecule has 0 unspecified atom stereocenters. The summed E-state index contributed by atoms with van der Waals surface area (Å²) in [5, 5.41) is 8.83. The summed E-state index contributed by atoms with van der Waals surface area (Å²) in [6.07, 6.45) is 7.31. The van der Waals surface area contributed by atoms with Crippen molar-refractivity contribution >= 4 is 0 Å². The van der Waals surface area contributed by atoms with E-state index in [1.165, 1.54) is 0 Å². The molecule has 1 rings (SSSR count). The lowest BCUT2D eigenvalue weighted by atomic mass is 10.2. The number of aliphatic hydroxyl groups excluding tert-OH is 1. The average Bonchev–Trinajstić information content (AvgIpc) is 2.38. The largest absolute Gasteiger partial charge is 0.407 e. The van der Waals surface area contributed by atoms with Crippen molar-refractivity contribution in [3.05, 3.63) is 29.8 Å². The third-order valence-corrected chi connectivity index (χ3v) is 1.65. The normalized spacial score (nSPS) is 7.06.